The molecule has 1 unspecified atom stereocenters. The summed E-state index contributed by atoms with van der Waals surface area (Å²) in [7, 11) is -2.78. The SMILES string of the molecule is O=S1(=O)CCC2(CCCN(Cc3cn[nH]c3)C2)C1. The van der Waals surface area contributed by atoms with Crippen molar-refractivity contribution in [3.63, 3.8) is 0 Å². The molecule has 6 heteroatoms. The first-order valence-corrected chi connectivity index (χ1v) is 8.30. The van der Waals surface area contributed by atoms with E-state index in [4.69, 9.17) is 0 Å². The lowest BCUT2D eigenvalue weighted by molar-refractivity contribution is 0.102. The number of H-pyrrole nitrogens is 1. The summed E-state index contributed by atoms with van der Waals surface area (Å²) in [6.07, 6.45) is 6.76. The van der Waals surface area contributed by atoms with Gasteiger partial charge >= 0.3 is 0 Å². The molecule has 0 radical (unpaired) electrons. The number of aromatic nitrogens is 2. The first-order valence-electron chi connectivity index (χ1n) is 6.47. The molecule has 1 aromatic rings. The normalized spacial score (nSPS) is 32.0. The topological polar surface area (TPSA) is 66.1 Å². The number of likely N-dealkylation sites (tertiary alicyclic amines) is 1. The third kappa shape index (κ3) is 2.44. The van der Waals surface area contributed by atoms with Crippen LogP contribution in [-0.2, 0) is 16.4 Å². The zero-order valence-electron chi connectivity index (χ0n) is 10.4. The molecule has 1 spiro atoms. The Morgan fingerprint density at radius 1 is 1.44 bits per heavy atom. The molecule has 0 aliphatic carbocycles. The zero-order chi connectivity index (χ0) is 12.6. The fourth-order valence-electron chi connectivity index (χ4n) is 3.37. The van der Waals surface area contributed by atoms with E-state index in [1.807, 2.05) is 12.4 Å². The van der Waals surface area contributed by atoms with Crippen LogP contribution in [0.1, 0.15) is 24.8 Å². The summed E-state index contributed by atoms with van der Waals surface area (Å²) in [5.74, 6) is 0.772. The van der Waals surface area contributed by atoms with Crippen molar-refractivity contribution >= 4 is 9.84 Å². The Kier molecular flexibility index (Phi) is 2.94. The molecule has 0 aromatic carbocycles. The number of nitrogens with zero attached hydrogens (tertiary/aromatic N) is 2. The Hall–Kier alpha value is -0.880. The molecule has 18 heavy (non-hydrogen) atoms. The van der Waals surface area contributed by atoms with Crippen molar-refractivity contribution in [2.24, 2.45) is 5.41 Å². The van der Waals surface area contributed by atoms with Gasteiger partial charge in [-0.25, -0.2) is 8.42 Å². The van der Waals surface area contributed by atoms with Gasteiger partial charge in [-0.15, -0.1) is 0 Å². The van der Waals surface area contributed by atoms with Gasteiger partial charge in [0, 0.05) is 24.8 Å². The van der Waals surface area contributed by atoms with Crippen LogP contribution in [0.2, 0.25) is 0 Å². The van der Waals surface area contributed by atoms with Gasteiger partial charge in [0.25, 0.3) is 0 Å². The smallest absolute Gasteiger partial charge is 0.150 e. The first kappa shape index (κ1) is 12.2. The van der Waals surface area contributed by atoms with E-state index in [1.54, 1.807) is 0 Å². The van der Waals surface area contributed by atoms with E-state index in [-0.39, 0.29) is 5.41 Å². The van der Waals surface area contributed by atoms with Crippen LogP contribution >= 0.6 is 0 Å². The predicted octanol–water partition coefficient (Wildman–Crippen LogP) is 0.810. The van der Waals surface area contributed by atoms with Crippen molar-refractivity contribution in [1.29, 1.82) is 0 Å². The third-order valence-corrected chi connectivity index (χ3v) is 6.05. The van der Waals surface area contributed by atoms with Gasteiger partial charge in [-0.1, -0.05) is 0 Å². The molecule has 3 rings (SSSR count). The van der Waals surface area contributed by atoms with E-state index >= 15 is 0 Å². The maximum atomic E-state index is 11.7. The van der Waals surface area contributed by atoms with Crippen LogP contribution in [0.15, 0.2) is 12.4 Å². The molecule has 2 aliphatic rings. The molecule has 0 bridgehead atoms. The minimum atomic E-state index is -2.78. The fraction of sp³-hybridized carbons (Fsp3) is 0.750. The molecule has 100 valence electrons. The minimum Gasteiger partial charge on any atom is -0.298 e. The van der Waals surface area contributed by atoms with Crippen LogP contribution in [0.4, 0.5) is 0 Å². The summed E-state index contributed by atoms with van der Waals surface area (Å²) >= 11 is 0. The Bertz CT molecular complexity index is 511. The second-order valence-corrected chi connectivity index (χ2v) is 7.95. The molecule has 0 saturated carbocycles. The van der Waals surface area contributed by atoms with Gasteiger partial charge in [0.2, 0.25) is 0 Å². The van der Waals surface area contributed by atoms with Crippen molar-refractivity contribution in [2.45, 2.75) is 25.8 Å². The highest BCUT2D eigenvalue weighted by Gasteiger charge is 2.44. The van der Waals surface area contributed by atoms with Crippen molar-refractivity contribution < 1.29 is 8.42 Å². The number of nitrogens with one attached hydrogen (secondary N) is 1. The molecule has 5 nitrogen and oxygen atoms in total. The Morgan fingerprint density at radius 2 is 2.33 bits per heavy atom. The number of sulfone groups is 1. The largest absolute Gasteiger partial charge is 0.298 e. The van der Waals surface area contributed by atoms with E-state index in [9.17, 15) is 8.42 Å². The number of hydrogen-bond donors (Lipinski definition) is 1. The lowest BCUT2D eigenvalue weighted by atomic mass is 9.79. The number of rotatable bonds is 2. The van der Waals surface area contributed by atoms with Gasteiger partial charge in [-0.05, 0) is 31.2 Å². The monoisotopic (exact) mass is 269 g/mol. The van der Waals surface area contributed by atoms with E-state index < -0.39 is 9.84 Å². The minimum absolute atomic E-state index is 0.0286. The number of hydrogen-bond acceptors (Lipinski definition) is 4. The van der Waals surface area contributed by atoms with Gasteiger partial charge in [-0.2, -0.15) is 5.10 Å². The molecular weight excluding hydrogens is 250 g/mol. The first-order chi connectivity index (χ1) is 8.57. The summed E-state index contributed by atoms with van der Waals surface area (Å²) in [5, 5.41) is 6.77. The van der Waals surface area contributed by atoms with Crippen molar-refractivity contribution in [3.05, 3.63) is 18.0 Å². The molecule has 1 aromatic heterocycles. The van der Waals surface area contributed by atoms with Gasteiger partial charge in [-0.3, -0.25) is 10.00 Å². The van der Waals surface area contributed by atoms with Crippen LogP contribution in [0.25, 0.3) is 0 Å². The molecule has 1 N–H and O–H groups in total. The molecule has 3 heterocycles. The van der Waals surface area contributed by atoms with Crippen molar-refractivity contribution in [2.75, 3.05) is 24.6 Å². The van der Waals surface area contributed by atoms with Crippen molar-refractivity contribution in [3.8, 4) is 0 Å². The summed E-state index contributed by atoms with van der Waals surface area (Å²) in [6, 6.07) is 0. The fourth-order valence-corrected chi connectivity index (χ4v) is 5.57. The quantitative estimate of drug-likeness (QED) is 0.863. The number of piperidine rings is 1. The molecule has 0 amide bonds. The lowest BCUT2D eigenvalue weighted by Gasteiger charge is -2.39. The zero-order valence-corrected chi connectivity index (χ0v) is 11.2. The third-order valence-electron chi connectivity index (χ3n) is 4.17. The lowest BCUT2D eigenvalue weighted by Crippen LogP contribution is -2.43. The van der Waals surface area contributed by atoms with Gasteiger partial charge in [0.05, 0.1) is 17.7 Å². The van der Waals surface area contributed by atoms with Crippen LogP contribution in [0.5, 0.6) is 0 Å². The van der Waals surface area contributed by atoms with Gasteiger partial charge in [0.1, 0.15) is 0 Å². The van der Waals surface area contributed by atoms with Crippen LogP contribution in [0.3, 0.4) is 0 Å². The summed E-state index contributed by atoms with van der Waals surface area (Å²) in [5.41, 5.74) is 1.20. The second kappa shape index (κ2) is 4.35. The molecule has 2 saturated heterocycles. The van der Waals surface area contributed by atoms with E-state index in [0.717, 1.165) is 38.9 Å². The van der Waals surface area contributed by atoms with Gasteiger partial charge in [0.15, 0.2) is 9.84 Å². The number of aromatic amines is 1. The standard InChI is InChI=1S/C12H19N3O2S/c16-18(17)5-3-12(10-18)2-1-4-15(9-12)8-11-6-13-14-7-11/h6-7H,1-5,8-10H2,(H,13,14). The van der Waals surface area contributed by atoms with Gasteiger partial charge < -0.3 is 0 Å². The summed E-state index contributed by atoms with van der Waals surface area (Å²) in [4.78, 5) is 2.37. The maximum absolute atomic E-state index is 11.7. The van der Waals surface area contributed by atoms with Crippen LogP contribution in [-0.4, -0.2) is 48.1 Å². The molecule has 1 atom stereocenters. The summed E-state index contributed by atoms with van der Waals surface area (Å²) in [6.45, 7) is 2.85. The molecule has 2 fully saturated rings. The van der Waals surface area contributed by atoms with E-state index in [0.29, 0.717) is 11.5 Å². The molecule has 2 aliphatic heterocycles. The highest BCUT2D eigenvalue weighted by Crippen LogP contribution is 2.40. The average Bonchev–Trinajstić information content (AvgIpc) is 2.88. The van der Waals surface area contributed by atoms with Crippen LogP contribution in [0, 0.1) is 5.41 Å². The van der Waals surface area contributed by atoms with E-state index in [1.165, 1.54) is 5.56 Å². The summed E-state index contributed by atoms with van der Waals surface area (Å²) < 4.78 is 23.4. The maximum Gasteiger partial charge on any atom is 0.150 e. The Labute approximate surface area is 107 Å². The second-order valence-electron chi connectivity index (χ2n) is 5.76. The van der Waals surface area contributed by atoms with E-state index in [2.05, 4.69) is 15.1 Å². The highest BCUT2D eigenvalue weighted by molar-refractivity contribution is 7.91. The molecular formula is C12H19N3O2S. The van der Waals surface area contributed by atoms with Crippen LogP contribution < -0.4 is 0 Å². The van der Waals surface area contributed by atoms with Crippen molar-refractivity contribution in [1.82, 2.24) is 15.1 Å². The highest BCUT2D eigenvalue weighted by atomic mass is 32.2. The Balaban J connectivity index is 1.69. The average molecular weight is 269 g/mol. The predicted molar refractivity (Wildman–Crippen MR) is 68.8 cm³/mol. The Morgan fingerprint density at radius 3 is 3.00 bits per heavy atom.